The van der Waals surface area contributed by atoms with Crippen molar-refractivity contribution in [1.82, 2.24) is 10.3 Å². The van der Waals surface area contributed by atoms with Crippen molar-refractivity contribution in [3.63, 3.8) is 0 Å². The van der Waals surface area contributed by atoms with E-state index in [0.29, 0.717) is 13.0 Å². The second-order valence-corrected chi connectivity index (χ2v) is 7.30. The molecule has 5 heteroatoms. The summed E-state index contributed by atoms with van der Waals surface area (Å²) in [6, 6.07) is 0.384. The highest BCUT2D eigenvalue weighted by Gasteiger charge is 2.23. The Morgan fingerprint density at radius 3 is 2.50 bits per heavy atom. The minimum absolute atomic E-state index is 0.0877. The first-order chi connectivity index (χ1) is 9.29. The smallest absolute Gasteiger partial charge is 0.0985 e. The molecular formula is C15H28N2O2S. The summed E-state index contributed by atoms with van der Waals surface area (Å²) in [5.74, 6) is 0. The van der Waals surface area contributed by atoms with Gasteiger partial charge in [-0.15, -0.1) is 11.3 Å². The van der Waals surface area contributed by atoms with Crippen LogP contribution in [0.3, 0.4) is 0 Å². The first-order valence-electron chi connectivity index (χ1n) is 7.13. The molecule has 1 heterocycles. The average molecular weight is 300 g/mol. The Hall–Kier alpha value is -0.490. The van der Waals surface area contributed by atoms with Gasteiger partial charge in [0.25, 0.3) is 0 Å². The van der Waals surface area contributed by atoms with E-state index in [0.717, 1.165) is 5.69 Å². The molecule has 0 radical (unpaired) electrons. The first kappa shape index (κ1) is 17.6. The van der Waals surface area contributed by atoms with Crippen molar-refractivity contribution in [2.45, 2.75) is 58.5 Å². The molecule has 2 N–H and O–H groups in total. The summed E-state index contributed by atoms with van der Waals surface area (Å²) >= 11 is 1.78. The summed E-state index contributed by atoms with van der Waals surface area (Å²) < 4.78 is 5.20. The van der Waals surface area contributed by atoms with Gasteiger partial charge in [-0.25, -0.2) is 4.98 Å². The minimum atomic E-state index is 0.0877. The molecule has 0 amide bonds. The van der Waals surface area contributed by atoms with Crippen molar-refractivity contribution < 1.29 is 9.84 Å². The van der Waals surface area contributed by atoms with Gasteiger partial charge in [0.2, 0.25) is 0 Å². The largest absolute Gasteiger partial charge is 0.396 e. The molecule has 116 valence electrons. The standard InChI is InChI=1S/C15H28N2O2S/c1-10(16-12(7-8-18)9-19-6)13-11(2)17-14(20-13)15(3,4)5/h10,12,16,18H,7-9H2,1-6H3. The van der Waals surface area contributed by atoms with Crippen molar-refractivity contribution >= 4 is 11.3 Å². The van der Waals surface area contributed by atoms with Gasteiger partial charge in [-0.1, -0.05) is 20.8 Å². The van der Waals surface area contributed by atoms with E-state index in [-0.39, 0.29) is 24.1 Å². The molecular weight excluding hydrogens is 272 g/mol. The number of methoxy groups -OCH3 is 1. The number of hydrogen-bond donors (Lipinski definition) is 2. The lowest BCUT2D eigenvalue weighted by Gasteiger charge is -2.22. The van der Waals surface area contributed by atoms with Crippen LogP contribution in [-0.4, -0.2) is 36.5 Å². The van der Waals surface area contributed by atoms with Gasteiger partial charge in [-0.05, 0) is 20.3 Å². The molecule has 0 fully saturated rings. The highest BCUT2D eigenvalue weighted by atomic mass is 32.1. The third-order valence-corrected chi connectivity index (χ3v) is 4.96. The van der Waals surface area contributed by atoms with E-state index >= 15 is 0 Å². The van der Waals surface area contributed by atoms with Crippen LogP contribution in [0.1, 0.15) is 55.7 Å². The number of aliphatic hydroxyl groups excluding tert-OH is 1. The number of rotatable bonds is 7. The molecule has 0 saturated heterocycles. The lowest BCUT2D eigenvalue weighted by Crippen LogP contribution is -2.35. The van der Waals surface area contributed by atoms with Crippen LogP contribution in [0.25, 0.3) is 0 Å². The van der Waals surface area contributed by atoms with E-state index < -0.39 is 0 Å². The monoisotopic (exact) mass is 300 g/mol. The number of aromatic nitrogens is 1. The molecule has 0 spiro atoms. The number of aryl methyl sites for hydroxylation is 1. The molecule has 0 aliphatic rings. The predicted octanol–water partition coefficient (Wildman–Crippen LogP) is 2.80. The molecule has 0 aliphatic carbocycles. The van der Waals surface area contributed by atoms with Crippen molar-refractivity contribution in [1.29, 1.82) is 0 Å². The number of hydrogen-bond acceptors (Lipinski definition) is 5. The fourth-order valence-corrected chi connectivity index (χ4v) is 3.27. The van der Waals surface area contributed by atoms with Gasteiger partial charge in [0, 0.05) is 36.1 Å². The number of ether oxygens (including phenoxy) is 1. The Bertz CT molecular complexity index is 406. The third-order valence-electron chi connectivity index (χ3n) is 3.20. The van der Waals surface area contributed by atoms with Crippen LogP contribution in [0.5, 0.6) is 0 Å². The molecule has 1 rings (SSSR count). The molecule has 1 aromatic heterocycles. The Kier molecular flexibility index (Phi) is 6.58. The summed E-state index contributed by atoms with van der Waals surface area (Å²) in [5, 5.41) is 13.8. The third kappa shape index (κ3) is 4.81. The van der Waals surface area contributed by atoms with E-state index in [9.17, 15) is 0 Å². The Labute approximate surface area is 126 Å². The summed E-state index contributed by atoms with van der Waals surface area (Å²) in [5.41, 5.74) is 1.19. The van der Waals surface area contributed by atoms with Crippen LogP contribution < -0.4 is 5.32 Å². The van der Waals surface area contributed by atoms with E-state index in [1.165, 1.54) is 9.88 Å². The van der Waals surface area contributed by atoms with E-state index in [1.807, 2.05) is 0 Å². The molecule has 20 heavy (non-hydrogen) atoms. The van der Waals surface area contributed by atoms with Gasteiger partial charge in [-0.3, -0.25) is 0 Å². The van der Waals surface area contributed by atoms with E-state index in [4.69, 9.17) is 14.8 Å². The molecule has 0 aromatic carbocycles. The quantitative estimate of drug-likeness (QED) is 0.813. The normalized spacial score (nSPS) is 15.3. The Balaban J connectivity index is 2.80. The first-order valence-corrected chi connectivity index (χ1v) is 7.94. The lowest BCUT2D eigenvalue weighted by molar-refractivity contribution is 0.144. The second-order valence-electron chi connectivity index (χ2n) is 6.27. The zero-order chi connectivity index (χ0) is 15.3. The minimum Gasteiger partial charge on any atom is -0.396 e. The van der Waals surface area contributed by atoms with Crippen molar-refractivity contribution in [2.24, 2.45) is 0 Å². The molecule has 2 unspecified atom stereocenters. The maximum absolute atomic E-state index is 9.11. The Morgan fingerprint density at radius 1 is 1.40 bits per heavy atom. The van der Waals surface area contributed by atoms with Gasteiger partial charge in [0.15, 0.2) is 0 Å². The fourth-order valence-electron chi connectivity index (χ4n) is 2.13. The number of nitrogens with zero attached hydrogens (tertiary/aromatic N) is 1. The molecule has 0 aliphatic heterocycles. The number of nitrogens with one attached hydrogen (secondary N) is 1. The summed E-state index contributed by atoms with van der Waals surface area (Å²) in [4.78, 5) is 5.97. The van der Waals surface area contributed by atoms with Crippen LogP contribution in [0.2, 0.25) is 0 Å². The van der Waals surface area contributed by atoms with Gasteiger partial charge in [-0.2, -0.15) is 0 Å². The Morgan fingerprint density at radius 2 is 2.05 bits per heavy atom. The SMILES string of the molecule is COCC(CCO)NC(C)c1sc(C(C)(C)C)nc1C. The summed E-state index contributed by atoms with van der Waals surface area (Å²) in [6.07, 6.45) is 0.697. The van der Waals surface area contributed by atoms with Crippen LogP contribution in [0, 0.1) is 6.92 Å². The number of thiazole rings is 1. The van der Waals surface area contributed by atoms with Crippen LogP contribution >= 0.6 is 11.3 Å². The molecule has 0 saturated carbocycles. The van der Waals surface area contributed by atoms with E-state index in [1.54, 1.807) is 18.4 Å². The molecule has 4 nitrogen and oxygen atoms in total. The van der Waals surface area contributed by atoms with Crippen LogP contribution in [0.15, 0.2) is 0 Å². The predicted molar refractivity (Wildman–Crippen MR) is 84.5 cm³/mol. The summed E-state index contributed by atoms with van der Waals surface area (Å²) in [6.45, 7) is 11.5. The molecule has 2 atom stereocenters. The number of aliphatic hydroxyl groups is 1. The summed E-state index contributed by atoms with van der Waals surface area (Å²) in [7, 11) is 1.69. The van der Waals surface area contributed by atoms with Crippen molar-refractivity contribution in [2.75, 3.05) is 20.3 Å². The molecule has 0 bridgehead atoms. The van der Waals surface area contributed by atoms with Crippen LogP contribution in [-0.2, 0) is 10.2 Å². The van der Waals surface area contributed by atoms with Crippen LogP contribution in [0.4, 0.5) is 0 Å². The van der Waals surface area contributed by atoms with Crippen molar-refractivity contribution in [3.8, 4) is 0 Å². The highest BCUT2D eigenvalue weighted by Crippen LogP contribution is 2.32. The zero-order valence-corrected chi connectivity index (χ0v) is 14.3. The maximum Gasteiger partial charge on any atom is 0.0985 e. The highest BCUT2D eigenvalue weighted by molar-refractivity contribution is 7.12. The van der Waals surface area contributed by atoms with Crippen molar-refractivity contribution in [3.05, 3.63) is 15.6 Å². The van der Waals surface area contributed by atoms with Gasteiger partial charge in [0.05, 0.1) is 17.3 Å². The van der Waals surface area contributed by atoms with Gasteiger partial charge >= 0.3 is 0 Å². The fraction of sp³-hybridized carbons (Fsp3) is 0.800. The van der Waals surface area contributed by atoms with Gasteiger partial charge < -0.3 is 15.2 Å². The van der Waals surface area contributed by atoms with E-state index in [2.05, 4.69) is 39.9 Å². The topological polar surface area (TPSA) is 54.4 Å². The molecule has 1 aromatic rings. The second kappa shape index (κ2) is 7.50. The lowest BCUT2D eigenvalue weighted by atomic mass is 9.98. The maximum atomic E-state index is 9.11. The van der Waals surface area contributed by atoms with Gasteiger partial charge in [0.1, 0.15) is 0 Å². The average Bonchev–Trinajstić information content (AvgIpc) is 2.72. The zero-order valence-electron chi connectivity index (χ0n) is 13.5.